The van der Waals surface area contributed by atoms with Gasteiger partial charge in [-0.25, -0.2) is 0 Å². The van der Waals surface area contributed by atoms with Crippen LogP contribution in [0.25, 0.3) is 0 Å². The SMILES string of the molecule is CC(C)(C)C1CCCN(C(=O)C(N)C2CCOCC2)CC1. The van der Waals surface area contributed by atoms with Gasteiger partial charge in [0.25, 0.3) is 0 Å². The molecule has 2 N–H and O–H groups in total. The summed E-state index contributed by atoms with van der Waals surface area (Å²) in [5.41, 5.74) is 6.58. The second-order valence-electron chi connectivity index (χ2n) is 7.79. The molecule has 2 saturated heterocycles. The number of nitrogens with two attached hydrogens (primary N) is 1. The van der Waals surface area contributed by atoms with Crippen LogP contribution in [0.15, 0.2) is 0 Å². The first kappa shape index (κ1) is 16.8. The lowest BCUT2D eigenvalue weighted by Crippen LogP contribution is -2.49. The van der Waals surface area contributed by atoms with Crippen LogP contribution in [0.3, 0.4) is 0 Å². The summed E-state index contributed by atoms with van der Waals surface area (Å²) in [4.78, 5) is 14.7. The minimum atomic E-state index is -0.333. The van der Waals surface area contributed by atoms with E-state index in [1.54, 1.807) is 0 Å². The van der Waals surface area contributed by atoms with Gasteiger partial charge in [0.05, 0.1) is 6.04 Å². The van der Waals surface area contributed by atoms with Crippen molar-refractivity contribution in [3.05, 3.63) is 0 Å². The Morgan fingerprint density at radius 1 is 1.14 bits per heavy atom. The molecule has 21 heavy (non-hydrogen) atoms. The maximum atomic E-state index is 12.7. The molecule has 0 aromatic rings. The summed E-state index contributed by atoms with van der Waals surface area (Å²) in [7, 11) is 0. The molecule has 4 heteroatoms. The summed E-state index contributed by atoms with van der Waals surface area (Å²) in [5, 5.41) is 0. The Morgan fingerprint density at radius 3 is 2.43 bits per heavy atom. The first-order valence-electron chi connectivity index (χ1n) is 8.51. The minimum Gasteiger partial charge on any atom is -0.381 e. The molecule has 0 radical (unpaired) electrons. The van der Waals surface area contributed by atoms with Gasteiger partial charge in [0.2, 0.25) is 5.91 Å². The Labute approximate surface area is 129 Å². The summed E-state index contributed by atoms with van der Waals surface area (Å²) >= 11 is 0. The third-order valence-corrected chi connectivity index (χ3v) is 5.32. The largest absolute Gasteiger partial charge is 0.381 e. The molecule has 0 spiro atoms. The molecule has 0 saturated carbocycles. The third kappa shape index (κ3) is 4.43. The van der Waals surface area contributed by atoms with Crippen molar-refractivity contribution in [2.75, 3.05) is 26.3 Å². The molecule has 2 rings (SSSR count). The average molecular weight is 296 g/mol. The van der Waals surface area contributed by atoms with Crippen LogP contribution in [-0.4, -0.2) is 43.2 Å². The molecule has 0 aliphatic carbocycles. The molecule has 1 amide bonds. The van der Waals surface area contributed by atoms with Gasteiger partial charge in [-0.15, -0.1) is 0 Å². The number of rotatable bonds is 2. The predicted molar refractivity (Wildman–Crippen MR) is 84.9 cm³/mol. The average Bonchev–Trinajstić information content (AvgIpc) is 2.72. The van der Waals surface area contributed by atoms with Crippen LogP contribution >= 0.6 is 0 Å². The number of carbonyl (C=O) groups is 1. The zero-order valence-corrected chi connectivity index (χ0v) is 13.9. The van der Waals surface area contributed by atoms with Crippen LogP contribution in [0.2, 0.25) is 0 Å². The number of hydrogen-bond donors (Lipinski definition) is 1. The Kier molecular flexibility index (Phi) is 5.67. The Bertz CT molecular complexity index is 345. The number of hydrogen-bond acceptors (Lipinski definition) is 3. The second-order valence-corrected chi connectivity index (χ2v) is 7.79. The third-order valence-electron chi connectivity index (χ3n) is 5.32. The molecule has 0 bridgehead atoms. The van der Waals surface area contributed by atoms with E-state index in [9.17, 15) is 4.79 Å². The smallest absolute Gasteiger partial charge is 0.239 e. The van der Waals surface area contributed by atoms with E-state index in [1.807, 2.05) is 4.90 Å². The van der Waals surface area contributed by atoms with Crippen LogP contribution in [0.4, 0.5) is 0 Å². The highest BCUT2D eigenvalue weighted by Gasteiger charge is 2.33. The number of nitrogens with zero attached hydrogens (tertiary/aromatic N) is 1. The fraction of sp³-hybridized carbons (Fsp3) is 0.941. The molecular weight excluding hydrogens is 264 g/mol. The van der Waals surface area contributed by atoms with Crippen molar-refractivity contribution in [3.63, 3.8) is 0 Å². The Hall–Kier alpha value is -0.610. The molecule has 2 aliphatic heterocycles. The van der Waals surface area contributed by atoms with Crippen molar-refractivity contribution in [1.29, 1.82) is 0 Å². The van der Waals surface area contributed by atoms with Crippen molar-refractivity contribution in [3.8, 4) is 0 Å². The van der Waals surface area contributed by atoms with Gasteiger partial charge in [0, 0.05) is 26.3 Å². The highest BCUT2D eigenvalue weighted by molar-refractivity contribution is 5.82. The molecule has 0 aromatic heterocycles. The number of ether oxygens (including phenoxy) is 1. The molecule has 2 fully saturated rings. The van der Waals surface area contributed by atoms with E-state index in [-0.39, 0.29) is 11.9 Å². The second kappa shape index (κ2) is 7.10. The van der Waals surface area contributed by atoms with E-state index in [0.29, 0.717) is 17.3 Å². The minimum absolute atomic E-state index is 0.163. The molecule has 2 heterocycles. The van der Waals surface area contributed by atoms with Gasteiger partial charge in [-0.3, -0.25) is 4.79 Å². The van der Waals surface area contributed by atoms with Crippen LogP contribution in [0, 0.1) is 17.3 Å². The maximum absolute atomic E-state index is 12.7. The van der Waals surface area contributed by atoms with Crippen molar-refractivity contribution in [1.82, 2.24) is 4.90 Å². The predicted octanol–water partition coefficient (Wildman–Crippen LogP) is 2.42. The van der Waals surface area contributed by atoms with Crippen molar-refractivity contribution >= 4 is 5.91 Å². The number of carbonyl (C=O) groups excluding carboxylic acids is 1. The summed E-state index contributed by atoms with van der Waals surface area (Å²) in [5.74, 6) is 1.17. The quantitative estimate of drug-likeness (QED) is 0.851. The van der Waals surface area contributed by atoms with Crippen molar-refractivity contribution < 1.29 is 9.53 Å². The van der Waals surface area contributed by atoms with Gasteiger partial charge in [-0.05, 0) is 49.4 Å². The van der Waals surface area contributed by atoms with Gasteiger partial charge < -0.3 is 15.4 Å². The van der Waals surface area contributed by atoms with E-state index < -0.39 is 0 Å². The normalized spacial score (nSPS) is 27.2. The van der Waals surface area contributed by atoms with Gasteiger partial charge in [0.15, 0.2) is 0 Å². The van der Waals surface area contributed by atoms with E-state index in [1.165, 1.54) is 6.42 Å². The zero-order chi connectivity index (χ0) is 15.5. The zero-order valence-electron chi connectivity index (χ0n) is 13.9. The topological polar surface area (TPSA) is 55.6 Å². The van der Waals surface area contributed by atoms with Crippen LogP contribution < -0.4 is 5.73 Å². The molecule has 4 nitrogen and oxygen atoms in total. The Balaban J connectivity index is 1.90. The van der Waals surface area contributed by atoms with Crippen molar-refractivity contribution in [2.24, 2.45) is 23.0 Å². The summed E-state index contributed by atoms with van der Waals surface area (Å²) in [6.07, 6.45) is 5.28. The maximum Gasteiger partial charge on any atom is 0.239 e. The van der Waals surface area contributed by atoms with Gasteiger partial charge in [-0.1, -0.05) is 20.8 Å². The van der Waals surface area contributed by atoms with Gasteiger partial charge >= 0.3 is 0 Å². The van der Waals surface area contributed by atoms with Crippen molar-refractivity contribution in [2.45, 2.75) is 58.9 Å². The van der Waals surface area contributed by atoms with E-state index in [4.69, 9.17) is 10.5 Å². The number of likely N-dealkylation sites (tertiary alicyclic amines) is 1. The lowest BCUT2D eigenvalue weighted by Gasteiger charge is -2.32. The van der Waals surface area contributed by atoms with E-state index in [0.717, 1.165) is 52.0 Å². The first-order chi connectivity index (χ1) is 9.89. The van der Waals surface area contributed by atoms with Gasteiger partial charge in [-0.2, -0.15) is 0 Å². The molecule has 2 aliphatic rings. The fourth-order valence-corrected chi connectivity index (χ4v) is 3.67. The molecule has 2 unspecified atom stereocenters. The highest BCUT2D eigenvalue weighted by Crippen LogP contribution is 2.34. The van der Waals surface area contributed by atoms with E-state index >= 15 is 0 Å². The number of amides is 1. The summed E-state index contributed by atoms with van der Waals surface area (Å²) < 4.78 is 5.37. The molecular formula is C17H32N2O2. The molecule has 0 aromatic carbocycles. The molecule has 2 atom stereocenters. The first-order valence-corrected chi connectivity index (χ1v) is 8.51. The van der Waals surface area contributed by atoms with Crippen LogP contribution in [-0.2, 0) is 9.53 Å². The lowest BCUT2D eigenvalue weighted by molar-refractivity contribution is -0.134. The standard InChI is InChI=1S/C17H32N2O2/c1-17(2,3)14-5-4-9-19(10-6-14)16(20)15(18)13-7-11-21-12-8-13/h13-15H,4-12,18H2,1-3H3. The van der Waals surface area contributed by atoms with Gasteiger partial charge in [0.1, 0.15) is 0 Å². The van der Waals surface area contributed by atoms with Crippen LogP contribution in [0.1, 0.15) is 52.9 Å². The highest BCUT2D eigenvalue weighted by atomic mass is 16.5. The summed E-state index contributed by atoms with van der Waals surface area (Å²) in [6.45, 7) is 10.2. The fourth-order valence-electron chi connectivity index (χ4n) is 3.67. The molecule has 122 valence electrons. The summed E-state index contributed by atoms with van der Waals surface area (Å²) in [6, 6.07) is -0.333. The Morgan fingerprint density at radius 2 is 1.81 bits per heavy atom. The monoisotopic (exact) mass is 296 g/mol. The lowest BCUT2D eigenvalue weighted by atomic mass is 9.77. The van der Waals surface area contributed by atoms with Crippen LogP contribution in [0.5, 0.6) is 0 Å². The van der Waals surface area contributed by atoms with E-state index in [2.05, 4.69) is 20.8 Å².